The molecule has 0 spiro atoms. The Morgan fingerprint density at radius 3 is 2.43 bits per heavy atom. The molecule has 0 aromatic carbocycles. The Hall–Kier alpha value is -1.79. The quantitative estimate of drug-likeness (QED) is 0.798. The molecule has 7 heteroatoms. The molecule has 1 saturated heterocycles. The van der Waals surface area contributed by atoms with E-state index in [1.807, 2.05) is 31.7 Å². The molecule has 0 aromatic heterocycles. The molecule has 5 nitrogen and oxygen atoms in total. The van der Waals surface area contributed by atoms with Crippen molar-refractivity contribution in [2.75, 3.05) is 26.2 Å². The average Bonchev–Trinajstić information content (AvgIpc) is 2.45. The fraction of sp³-hybridized carbons (Fsp3) is 0.625. The van der Waals surface area contributed by atoms with E-state index in [2.05, 4.69) is 4.74 Å². The van der Waals surface area contributed by atoms with E-state index in [0.29, 0.717) is 38.3 Å². The van der Waals surface area contributed by atoms with Crippen molar-refractivity contribution in [2.24, 2.45) is 0 Å². The summed E-state index contributed by atoms with van der Waals surface area (Å²) in [6, 6.07) is 0. The van der Waals surface area contributed by atoms with Crippen LogP contribution < -0.4 is 0 Å². The van der Waals surface area contributed by atoms with Gasteiger partial charge in [-0.1, -0.05) is 6.08 Å². The summed E-state index contributed by atoms with van der Waals surface area (Å²) in [6.07, 6.45) is 5.54. The van der Waals surface area contributed by atoms with Crippen molar-refractivity contribution in [3.63, 3.8) is 0 Å². The zero-order chi connectivity index (χ0) is 17.0. The molecule has 0 aromatic rings. The second-order valence-corrected chi connectivity index (χ2v) is 6.42. The van der Waals surface area contributed by atoms with E-state index >= 15 is 0 Å². The summed E-state index contributed by atoms with van der Waals surface area (Å²) in [5.74, 6) is 0.178. The topological polar surface area (TPSA) is 42.0 Å². The molecule has 0 bridgehead atoms. The first-order valence-corrected chi connectivity index (χ1v) is 7.68. The van der Waals surface area contributed by atoms with Gasteiger partial charge >= 0.3 is 12.7 Å². The predicted molar refractivity (Wildman–Crippen MR) is 81.6 cm³/mol. The number of allylic oxidation sites excluding steroid dienone is 2. The number of carbonyl (C=O) groups excluding carboxylic acids is 1. The van der Waals surface area contributed by atoms with Crippen molar-refractivity contribution in [3.05, 3.63) is 30.0 Å². The summed E-state index contributed by atoms with van der Waals surface area (Å²) in [7, 11) is 0. The Labute approximate surface area is 135 Å². The van der Waals surface area contributed by atoms with Crippen LogP contribution in [-0.2, 0) is 9.47 Å². The second kappa shape index (κ2) is 7.19. The fourth-order valence-electron chi connectivity index (χ4n) is 2.48. The van der Waals surface area contributed by atoms with E-state index in [4.69, 9.17) is 4.74 Å². The van der Waals surface area contributed by atoms with Crippen LogP contribution in [0.3, 0.4) is 0 Å². The third-order valence-corrected chi connectivity index (χ3v) is 3.46. The Morgan fingerprint density at radius 1 is 1.22 bits per heavy atom. The molecule has 129 valence electrons. The summed E-state index contributed by atoms with van der Waals surface area (Å²) in [4.78, 5) is 15.6. The molecule has 1 aliphatic heterocycles. The minimum Gasteiger partial charge on any atom is -0.444 e. The summed E-state index contributed by atoms with van der Waals surface area (Å²) in [5, 5.41) is 0. The monoisotopic (exact) mass is 329 g/mol. The van der Waals surface area contributed by atoms with Crippen LogP contribution >= 0.6 is 0 Å². The highest BCUT2D eigenvalue weighted by molar-refractivity contribution is 5.68. The van der Waals surface area contributed by atoms with Gasteiger partial charge in [0.2, 0.25) is 0 Å². The van der Waals surface area contributed by atoms with E-state index in [0.717, 1.165) is 0 Å². The summed E-state index contributed by atoms with van der Waals surface area (Å²) in [6.45, 7) is 4.69. The molecule has 1 radical (unpaired) electrons. The van der Waals surface area contributed by atoms with Crippen LogP contribution in [-0.4, -0.2) is 54.3 Å². The molecular weight excluding hydrogens is 306 g/mol. The number of amides is 1. The van der Waals surface area contributed by atoms with Gasteiger partial charge in [-0.2, -0.15) is 8.78 Å². The van der Waals surface area contributed by atoms with Crippen LogP contribution in [0.25, 0.3) is 0 Å². The number of alkyl halides is 2. The van der Waals surface area contributed by atoms with Crippen LogP contribution in [0.2, 0.25) is 0 Å². The van der Waals surface area contributed by atoms with E-state index in [9.17, 15) is 13.6 Å². The molecular formula is C16H23F2N2O3. The first-order valence-electron chi connectivity index (χ1n) is 7.68. The molecule has 2 aliphatic rings. The number of rotatable bonds is 3. The Balaban J connectivity index is 1.92. The molecule has 23 heavy (non-hydrogen) atoms. The largest absolute Gasteiger partial charge is 0.444 e. The molecule has 0 atom stereocenters. The van der Waals surface area contributed by atoms with Gasteiger partial charge in [-0.05, 0) is 39.7 Å². The maximum atomic E-state index is 12.5. The van der Waals surface area contributed by atoms with Crippen LogP contribution in [0.5, 0.6) is 0 Å². The highest BCUT2D eigenvalue weighted by atomic mass is 19.3. The van der Waals surface area contributed by atoms with Gasteiger partial charge in [-0.3, -0.25) is 0 Å². The highest BCUT2D eigenvalue weighted by Gasteiger charge is 2.28. The van der Waals surface area contributed by atoms with Gasteiger partial charge in [-0.25, -0.2) is 4.79 Å². The zero-order valence-electron chi connectivity index (χ0n) is 13.7. The standard InChI is InChI=1S/C16H23F2N2O3/c1-16(2,3)23-15(21)20-10-8-19(9-11-20)12-6-4-5-7-13(12)22-14(17)18/h5-7,14H,4,8-11H2,1-3H3. The van der Waals surface area contributed by atoms with Crippen molar-refractivity contribution >= 4 is 6.09 Å². The van der Waals surface area contributed by atoms with Gasteiger partial charge in [0.1, 0.15) is 11.4 Å². The fourth-order valence-corrected chi connectivity index (χ4v) is 2.48. The van der Waals surface area contributed by atoms with Crippen LogP contribution in [0.4, 0.5) is 13.6 Å². The number of halogens is 2. The normalized spacial score (nSPS) is 19.4. The lowest BCUT2D eigenvalue weighted by Crippen LogP contribution is -2.49. The number of hydrogen-bond acceptors (Lipinski definition) is 4. The van der Waals surface area contributed by atoms with Gasteiger partial charge in [0, 0.05) is 26.2 Å². The minimum absolute atomic E-state index is 0.178. The molecule has 1 fully saturated rings. The minimum atomic E-state index is -2.85. The smallest absolute Gasteiger partial charge is 0.410 e. The lowest BCUT2D eigenvalue weighted by Gasteiger charge is -2.38. The van der Waals surface area contributed by atoms with Crippen molar-refractivity contribution < 1.29 is 23.0 Å². The number of ether oxygens (including phenoxy) is 2. The first kappa shape index (κ1) is 17.6. The number of hydrogen-bond donors (Lipinski definition) is 0. The number of nitrogens with zero attached hydrogens (tertiary/aromatic N) is 2. The van der Waals surface area contributed by atoms with Crippen molar-refractivity contribution in [2.45, 2.75) is 39.4 Å². The molecule has 1 aliphatic carbocycles. The van der Waals surface area contributed by atoms with Crippen LogP contribution in [0, 0.1) is 6.42 Å². The molecule has 0 unspecified atom stereocenters. The summed E-state index contributed by atoms with van der Waals surface area (Å²) < 4.78 is 34.9. The van der Waals surface area contributed by atoms with Crippen LogP contribution in [0.15, 0.2) is 23.6 Å². The SMILES string of the molecule is CC(C)(C)OC(=O)N1CCN(C2=CC[CH]C=C2OC(F)F)CC1. The van der Waals surface area contributed by atoms with E-state index in [-0.39, 0.29) is 11.9 Å². The lowest BCUT2D eigenvalue weighted by molar-refractivity contribution is -0.0963. The van der Waals surface area contributed by atoms with Crippen molar-refractivity contribution in [3.8, 4) is 0 Å². The van der Waals surface area contributed by atoms with Gasteiger partial charge in [0.25, 0.3) is 0 Å². The zero-order valence-corrected chi connectivity index (χ0v) is 13.7. The first-order chi connectivity index (χ1) is 10.8. The molecule has 0 N–H and O–H groups in total. The molecule has 1 heterocycles. The van der Waals surface area contributed by atoms with Gasteiger partial charge in [0.05, 0.1) is 5.70 Å². The highest BCUT2D eigenvalue weighted by Crippen LogP contribution is 2.26. The molecule has 1 amide bonds. The van der Waals surface area contributed by atoms with E-state index in [1.165, 1.54) is 0 Å². The van der Waals surface area contributed by atoms with Gasteiger partial charge < -0.3 is 19.3 Å². The summed E-state index contributed by atoms with van der Waals surface area (Å²) >= 11 is 0. The van der Waals surface area contributed by atoms with Gasteiger partial charge in [-0.15, -0.1) is 0 Å². The molecule has 2 rings (SSSR count). The third-order valence-electron chi connectivity index (χ3n) is 3.46. The maximum absolute atomic E-state index is 12.5. The average molecular weight is 329 g/mol. The van der Waals surface area contributed by atoms with E-state index < -0.39 is 12.2 Å². The summed E-state index contributed by atoms with van der Waals surface area (Å²) in [5.41, 5.74) is 0.133. The maximum Gasteiger partial charge on any atom is 0.410 e. The van der Waals surface area contributed by atoms with Gasteiger partial charge in [0.15, 0.2) is 0 Å². The lowest BCUT2D eigenvalue weighted by atomic mass is 10.1. The predicted octanol–water partition coefficient (Wildman–Crippen LogP) is 3.15. The van der Waals surface area contributed by atoms with Crippen molar-refractivity contribution in [1.82, 2.24) is 9.80 Å². The Bertz CT molecular complexity index is 490. The van der Waals surface area contributed by atoms with E-state index in [1.54, 1.807) is 17.4 Å². The Morgan fingerprint density at radius 2 is 1.87 bits per heavy atom. The van der Waals surface area contributed by atoms with Crippen LogP contribution in [0.1, 0.15) is 27.2 Å². The Kier molecular flexibility index (Phi) is 5.49. The second-order valence-electron chi connectivity index (χ2n) is 6.42. The third kappa shape index (κ3) is 5.11. The van der Waals surface area contributed by atoms with Crippen molar-refractivity contribution in [1.29, 1.82) is 0 Å². The number of piperazine rings is 1. The number of carbonyl (C=O) groups is 1. The molecule has 0 saturated carbocycles.